The summed E-state index contributed by atoms with van der Waals surface area (Å²) in [6.07, 6.45) is 9.43. The molecule has 1 unspecified atom stereocenters. The van der Waals surface area contributed by atoms with Crippen LogP contribution in [-0.4, -0.2) is 18.5 Å². The predicted octanol–water partition coefficient (Wildman–Crippen LogP) is 2.84. The van der Waals surface area contributed by atoms with Crippen LogP contribution < -0.4 is 11.1 Å². The van der Waals surface area contributed by atoms with Gasteiger partial charge in [0.25, 0.3) is 0 Å². The number of carbonyl (C=O) groups excluding carboxylic acids is 1. The average molecular weight is 254 g/mol. The van der Waals surface area contributed by atoms with Crippen LogP contribution in [0.15, 0.2) is 0 Å². The van der Waals surface area contributed by atoms with Crippen LogP contribution in [-0.2, 0) is 4.79 Å². The molecule has 1 rings (SSSR count). The van der Waals surface area contributed by atoms with Crippen LogP contribution in [0.1, 0.15) is 65.2 Å². The van der Waals surface area contributed by atoms with Gasteiger partial charge in [0.05, 0.1) is 0 Å². The van der Waals surface area contributed by atoms with E-state index in [0.29, 0.717) is 12.5 Å². The molecule has 1 amide bonds. The number of nitrogens with one attached hydrogen (secondary N) is 1. The summed E-state index contributed by atoms with van der Waals surface area (Å²) < 4.78 is 0. The lowest BCUT2D eigenvalue weighted by Crippen LogP contribution is -2.40. The van der Waals surface area contributed by atoms with Gasteiger partial charge in [-0.2, -0.15) is 0 Å². The fraction of sp³-hybridized carbons (Fsp3) is 0.933. The zero-order valence-electron chi connectivity index (χ0n) is 12.1. The third-order valence-corrected chi connectivity index (χ3v) is 3.79. The van der Waals surface area contributed by atoms with E-state index in [9.17, 15) is 4.79 Å². The van der Waals surface area contributed by atoms with Crippen molar-refractivity contribution in [3.05, 3.63) is 0 Å². The van der Waals surface area contributed by atoms with Crippen molar-refractivity contribution in [2.24, 2.45) is 17.6 Å². The van der Waals surface area contributed by atoms with E-state index in [1.807, 2.05) is 0 Å². The Morgan fingerprint density at radius 3 is 2.28 bits per heavy atom. The van der Waals surface area contributed by atoms with Crippen molar-refractivity contribution in [3.63, 3.8) is 0 Å². The Morgan fingerprint density at radius 1 is 1.17 bits per heavy atom. The van der Waals surface area contributed by atoms with Gasteiger partial charge in [0.1, 0.15) is 0 Å². The molecule has 0 aromatic carbocycles. The number of carbonyl (C=O) groups is 1. The molecule has 1 saturated carbocycles. The van der Waals surface area contributed by atoms with Gasteiger partial charge in [-0.1, -0.05) is 46.0 Å². The van der Waals surface area contributed by atoms with Crippen molar-refractivity contribution >= 4 is 5.91 Å². The second kappa shape index (κ2) is 8.52. The van der Waals surface area contributed by atoms with Crippen molar-refractivity contribution in [2.75, 3.05) is 6.54 Å². The minimum absolute atomic E-state index is 0.0995. The SMILES string of the molecule is CC(C)CC(N)CNC(=O)C1CCCCCCC1. The van der Waals surface area contributed by atoms with Crippen LogP contribution in [0.2, 0.25) is 0 Å². The Kier molecular flexibility index (Phi) is 7.33. The van der Waals surface area contributed by atoms with Crippen LogP contribution >= 0.6 is 0 Å². The summed E-state index contributed by atoms with van der Waals surface area (Å²) >= 11 is 0. The molecule has 1 fully saturated rings. The van der Waals surface area contributed by atoms with E-state index in [-0.39, 0.29) is 17.9 Å². The molecule has 0 aromatic heterocycles. The molecule has 3 heteroatoms. The summed E-state index contributed by atoms with van der Waals surface area (Å²) in [5.74, 6) is 1.06. The Balaban J connectivity index is 2.25. The van der Waals surface area contributed by atoms with Crippen molar-refractivity contribution in [1.82, 2.24) is 5.32 Å². The fourth-order valence-corrected chi connectivity index (χ4v) is 2.78. The lowest BCUT2D eigenvalue weighted by atomic mass is 9.90. The monoisotopic (exact) mass is 254 g/mol. The molecule has 106 valence electrons. The first kappa shape index (κ1) is 15.5. The first-order valence-corrected chi connectivity index (χ1v) is 7.63. The predicted molar refractivity (Wildman–Crippen MR) is 76.2 cm³/mol. The van der Waals surface area contributed by atoms with Gasteiger partial charge in [-0.05, 0) is 25.2 Å². The van der Waals surface area contributed by atoms with E-state index in [1.165, 1.54) is 32.1 Å². The molecule has 0 aromatic rings. The molecule has 0 radical (unpaired) electrons. The van der Waals surface area contributed by atoms with Crippen molar-refractivity contribution in [2.45, 2.75) is 71.3 Å². The summed E-state index contributed by atoms with van der Waals surface area (Å²) in [6, 6.07) is 0.0995. The topological polar surface area (TPSA) is 55.1 Å². The zero-order valence-corrected chi connectivity index (χ0v) is 12.1. The van der Waals surface area contributed by atoms with Crippen LogP contribution in [0.3, 0.4) is 0 Å². The number of rotatable bonds is 5. The molecule has 18 heavy (non-hydrogen) atoms. The zero-order chi connectivity index (χ0) is 13.4. The van der Waals surface area contributed by atoms with Crippen molar-refractivity contribution in [1.29, 1.82) is 0 Å². The van der Waals surface area contributed by atoms with Gasteiger partial charge in [0.2, 0.25) is 5.91 Å². The normalized spacial score (nSPS) is 20.2. The van der Waals surface area contributed by atoms with Gasteiger partial charge in [0.15, 0.2) is 0 Å². The average Bonchev–Trinajstić information content (AvgIpc) is 2.24. The second-order valence-electron chi connectivity index (χ2n) is 6.18. The maximum Gasteiger partial charge on any atom is 0.223 e. The Morgan fingerprint density at radius 2 is 1.72 bits per heavy atom. The molecule has 1 aliphatic carbocycles. The van der Waals surface area contributed by atoms with Crippen molar-refractivity contribution < 1.29 is 4.79 Å². The van der Waals surface area contributed by atoms with E-state index in [1.54, 1.807) is 0 Å². The van der Waals surface area contributed by atoms with Crippen molar-refractivity contribution in [3.8, 4) is 0 Å². The van der Waals surface area contributed by atoms with Gasteiger partial charge >= 0.3 is 0 Å². The minimum atomic E-state index is 0.0995. The van der Waals surface area contributed by atoms with Gasteiger partial charge in [-0.3, -0.25) is 4.79 Å². The highest BCUT2D eigenvalue weighted by Gasteiger charge is 2.19. The second-order valence-corrected chi connectivity index (χ2v) is 6.18. The largest absolute Gasteiger partial charge is 0.354 e. The Hall–Kier alpha value is -0.570. The molecule has 0 spiro atoms. The molecule has 0 bridgehead atoms. The highest BCUT2D eigenvalue weighted by molar-refractivity contribution is 5.78. The maximum atomic E-state index is 12.1. The molecule has 0 saturated heterocycles. The molecular weight excluding hydrogens is 224 g/mol. The fourth-order valence-electron chi connectivity index (χ4n) is 2.78. The van der Waals surface area contributed by atoms with Crippen LogP contribution in [0.5, 0.6) is 0 Å². The van der Waals surface area contributed by atoms with Gasteiger partial charge in [-0.25, -0.2) is 0 Å². The van der Waals surface area contributed by atoms with Crippen LogP contribution in [0.25, 0.3) is 0 Å². The smallest absolute Gasteiger partial charge is 0.223 e. The summed E-state index contributed by atoms with van der Waals surface area (Å²) in [4.78, 5) is 12.1. The highest BCUT2D eigenvalue weighted by atomic mass is 16.1. The van der Waals surface area contributed by atoms with Gasteiger partial charge in [0, 0.05) is 18.5 Å². The Labute approximate surface area is 112 Å². The minimum Gasteiger partial charge on any atom is -0.354 e. The summed E-state index contributed by atoms with van der Waals surface area (Å²) in [5.41, 5.74) is 5.99. The van der Waals surface area contributed by atoms with E-state index in [0.717, 1.165) is 19.3 Å². The molecule has 3 nitrogen and oxygen atoms in total. The van der Waals surface area contributed by atoms with E-state index < -0.39 is 0 Å². The van der Waals surface area contributed by atoms with Crippen LogP contribution in [0, 0.1) is 11.8 Å². The van der Waals surface area contributed by atoms with E-state index in [4.69, 9.17) is 5.73 Å². The van der Waals surface area contributed by atoms with Crippen LogP contribution in [0.4, 0.5) is 0 Å². The third-order valence-electron chi connectivity index (χ3n) is 3.79. The third kappa shape index (κ3) is 6.39. The number of hydrogen-bond acceptors (Lipinski definition) is 2. The molecule has 1 atom stereocenters. The number of nitrogens with two attached hydrogens (primary N) is 1. The van der Waals surface area contributed by atoms with E-state index >= 15 is 0 Å². The quantitative estimate of drug-likeness (QED) is 0.792. The standard InChI is InChI=1S/C15H30N2O/c1-12(2)10-14(16)11-17-15(18)13-8-6-4-3-5-7-9-13/h12-14H,3-11,16H2,1-2H3,(H,17,18). The first-order chi connectivity index (χ1) is 8.59. The Bertz CT molecular complexity index is 233. The number of amides is 1. The van der Waals surface area contributed by atoms with Gasteiger partial charge < -0.3 is 11.1 Å². The molecule has 1 aliphatic rings. The van der Waals surface area contributed by atoms with Gasteiger partial charge in [-0.15, -0.1) is 0 Å². The lowest BCUT2D eigenvalue weighted by Gasteiger charge is -2.21. The molecule has 0 aliphatic heterocycles. The summed E-state index contributed by atoms with van der Waals surface area (Å²) in [6.45, 7) is 4.96. The number of hydrogen-bond donors (Lipinski definition) is 2. The first-order valence-electron chi connectivity index (χ1n) is 7.63. The summed E-state index contributed by atoms with van der Waals surface area (Å²) in [5, 5.41) is 3.04. The molecule has 3 N–H and O–H groups in total. The maximum absolute atomic E-state index is 12.1. The molecular formula is C15H30N2O. The molecule has 0 heterocycles. The highest BCUT2D eigenvalue weighted by Crippen LogP contribution is 2.22. The lowest BCUT2D eigenvalue weighted by molar-refractivity contribution is -0.125. The summed E-state index contributed by atoms with van der Waals surface area (Å²) in [7, 11) is 0. The van der Waals surface area contributed by atoms with E-state index in [2.05, 4.69) is 19.2 Å².